The van der Waals surface area contributed by atoms with Gasteiger partial charge >= 0.3 is 0 Å². The second-order valence-electron chi connectivity index (χ2n) is 4.98. The van der Waals surface area contributed by atoms with Crippen LogP contribution in [0.25, 0.3) is 0 Å². The molecule has 1 atom stereocenters. The molecule has 0 saturated carbocycles. The Kier molecular flexibility index (Phi) is 3.22. The summed E-state index contributed by atoms with van der Waals surface area (Å²) >= 11 is 6.22. The number of hydrogen-bond acceptors (Lipinski definition) is 1. The third-order valence-corrected chi connectivity index (χ3v) is 4.12. The van der Waals surface area contributed by atoms with Crippen LogP contribution in [0.5, 0.6) is 0 Å². The molecule has 0 radical (unpaired) electrons. The van der Waals surface area contributed by atoms with Gasteiger partial charge in [0.1, 0.15) is 11.7 Å². The van der Waals surface area contributed by atoms with Crippen LogP contribution in [0.1, 0.15) is 29.7 Å². The van der Waals surface area contributed by atoms with E-state index in [9.17, 15) is 4.39 Å². The Morgan fingerprint density at radius 1 is 1.25 bits per heavy atom. The molecule has 0 saturated heterocycles. The van der Waals surface area contributed by atoms with Crippen molar-refractivity contribution in [3.05, 3.63) is 70.0 Å². The molecule has 3 rings (SSSR count). The van der Waals surface area contributed by atoms with Gasteiger partial charge in [0, 0.05) is 17.1 Å². The van der Waals surface area contributed by atoms with Gasteiger partial charge in [-0.05, 0) is 36.2 Å². The number of nitrogens with zero attached hydrogens (tertiary/aromatic N) is 1. The molecule has 4 heteroatoms. The van der Waals surface area contributed by atoms with Crippen molar-refractivity contribution >= 4 is 17.4 Å². The monoisotopic (exact) mass is 288 g/mol. The highest BCUT2D eigenvalue weighted by Crippen LogP contribution is 2.34. The molecule has 1 aliphatic heterocycles. The minimum absolute atomic E-state index is 0.0216. The van der Waals surface area contributed by atoms with Crippen LogP contribution in [0.2, 0.25) is 5.02 Å². The Morgan fingerprint density at radius 3 is 2.75 bits per heavy atom. The SMILES string of the molecule is CC(c1ccccc1Cl)N1Cc2ccc(F)cc2C1=N. The molecule has 2 aromatic rings. The van der Waals surface area contributed by atoms with Crippen LogP contribution in [0.3, 0.4) is 0 Å². The molecular weight excluding hydrogens is 275 g/mol. The smallest absolute Gasteiger partial charge is 0.129 e. The summed E-state index contributed by atoms with van der Waals surface area (Å²) in [4.78, 5) is 1.94. The van der Waals surface area contributed by atoms with E-state index in [4.69, 9.17) is 17.0 Å². The Hall–Kier alpha value is -1.87. The zero-order chi connectivity index (χ0) is 14.3. The molecule has 1 unspecified atom stereocenters. The number of hydrogen-bond donors (Lipinski definition) is 1. The lowest BCUT2D eigenvalue weighted by molar-refractivity contribution is 0.341. The van der Waals surface area contributed by atoms with E-state index in [0.29, 0.717) is 23.0 Å². The van der Waals surface area contributed by atoms with Gasteiger partial charge in [-0.15, -0.1) is 0 Å². The second-order valence-corrected chi connectivity index (χ2v) is 5.38. The fourth-order valence-corrected chi connectivity index (χ4v) is 2.93. The maximum absolute atomic E-state index is 13.3. The van der Waals surface area contributed by atoms with Crippen LogP contribution in [-0.4, -0.2) is 10.7 Å². The zero-order valence-corrected chi connectivity index (χ0v) is 11.8. The highest BCUT2D eigenvalue weighted by molar-refractivity contribution is 6.31. The molecule has 1 N–H and O–H groups in total. The fraction of sp³-hybridized carbons (Fsp3) is 0.188. The maximum Gasteiger partial charge on any atom is 0.129 e. The van der Waals surface area contributed by atoms with Crippen LogP contribution in [0.4, 0.5) is 4.39 Å². The van der Waals surface area contributed by atoms with E-state index in [-0.39, 0.29) is 11.9 Å². The maximum atomic E-state index is 13.3. The van der Waals surface area contributed by atoms with Crippen molar-refractivity contribution in [2.24, 2.45) is 0 Å². The Morgan fingerprint density at radius 2 is 2.00 bits per heavy atom. The zero-order valence-electron chi connectivity index (χ0n) is 11.0. The molecule has 0 aliphatic carbocycles. The van der Waals surface area contributed by atoms with E-state index in [1.807, 2.05) is 36.1 Å². The van der Waals surface area contributed by atoms with E-state index < -0.39 is 0 Å². The van der Waals surface area contributed by atoms with Gasteiger partial charge in [-0.3, -0.25) is 5.41 Å². The minimum Gasteiger partial charge on any atom is -0.345 e. The van der Waals surface area contributed by atoms with Crippen molar-refractivity contribution in [2.45, 2.75) is 19.5 Å². The first-order chi connectivity index (χ1) is 9.58. The summed E-state index contributed by atoms with van der Waals surface area (Å²) in [6, 6.07) is 12.2. The molecule has 0 spiro atoms. The quantitative estimate of drug-likeness (QED) is 0.872. The molecule has 2 aromatic carbocycles. The normalized spacial score (nSPS) is 15.3. The average molecular weight is 289 g/mol. The Bertz CT molecular complexity index is 684. The van der Waals surface area contributed by atoms with Gasteiger partial charge in [-0.2, -0.15) is 0 Å². The predicted molar refractivity (Wildman–Crippen MR) is 78.6 cm³/mol. The van der Waals surface area contributed by atoms with Crippen molar-refractivity contribution < 1.29 is 4.39 Å². The van der Waals surface area contributed by atoms with Crippen LogP contribution >= 0.6 is 11.6 Å². The molecule has 0 aromatic heterocycles. The molecule has 1 heterocycles. The molecule has 0 fully saturated rings. The summed E-state index contributed by atoms with van der Waals surface area (Å²) < 4.78 is 13.3. The summed E-state index contributed by atoms with van der Waals surface area (Å²) in [6.45, 7) is 2.62. The lowest BCUT2D eigenvalue weighted by Gasteiger charge is -2.27. The fourth-order valence-electron chi connectivity index (χ4n) is 2.64. The topological polar surface area (TPSA) is 27.1 Å². The molecule has 0 bridgehead atoms. The lowest BCUT2D eigenvalue weighted by Crippen LogP contribution is -2.27. The van der Waals surface area contributed by atoms with E-state index in [2.05, 4.69) is 0 Å². The van der Waals surface area contributed by atoms with Gasteiger partial charge in [0.2, 0.25) is 0 Å². The summed E-state index contributed by atoms with van der Waals surface area (Å²) in [7, 11) is 0. The van der Waals surface area contributed by atoms with Crippen LogP contribution in [0.15, 0.2) is 42.5 Å². The first-order valence-electron chi connectivity index (χ1n) is 6.46. The Balaban J connectivity index is 1.94. The summed E-state index contributed by atoms with van der Waals surface area (Å²) in [5.41, 5.74) is 2.63. The largest absolute Gasteiger partial charge is 0.345 e. The van der Waals surface area contributed by atoms with Crippen molar-refractivity contribution in [1.29, 1.82) is 5.41 Å². The number of fused-ring (bicyclic) bond motifs is 1. The minimum atomic E-state index is -0.305. The number of benzene rings is 2. The van der Waals surface area contributed by atoms with Crippen molar-refractivity contribution in [3.63, 3.8) is 0 Å². The number of rotatable bonds is 2. The van der Waals surface area contributed by atoms with E-state index in [1.54, 1.807) is 6.07 Å². The van der Waals surface area contributed by atoms with Gasteiger partial charge < -0.3 is 4.90 Å². The molecule has 1 aliphatic rings. The summed E-state index contributed by atoms with van der Waals surface area (Å²) in [6.07, 6.45) is 0. The summed E-state index contributed by atoms with van der Waals surface area (Å²) in [5, 5.41) is 8.94. The number of nitrogens with one attached hydrogen (secondary N) is 1. The van der Waals surface area contributed by atoms with Crippen molar-refractivity contribution in [2.75, 3.05) is 0 Å². The van der Waals surface area contributed by atoms with E-state index in [0.717, 1.165) is 11.1 Å². The van der Waals surface area contributed by atoms with Crippen molar-refractivity contribution in [1.82, 2.24) is 4.90 Å². The van der Waals surface area contributed by atoms with E-state index >= 15 is 0 Å². The van der Waals surface area contributed by atoms with Gasteiger partial charge in [-0.1, -0.05) is 35.9 Å². The van der Waals surface area contributed by atoms with Gasteiger partial charge in [0.25, 0.3) is 0 Å². The molecule has 102 valence electrons. The molecule has 20 heavy (non-hydrogen) atoms. The third kappa shape index (κ3) is 2.08. The second kappa shape index (κ2) is 4.91. The number of halogens is 2. The molecule has 0 amide bonds. The highest BCUT2D eigenvalue weighted by atomic mass is 35.5. The van der Waals surface area contributed by atoms with Crippen LogP contribution < -0.4 is 0 Å². The molecular formula is C16H14ClFN2. The van der Waals surface area contributed by atoms with Crippen LogP contribution in [-0.2, 0) is 6.54 Å². The predicted octanol–water partition coefficient (Wildman–Crippen LogP) is 4.38. The number of amidine groups is 1. The summed E-state index contributed by atoms with van der Waals surface area (Å²) in [5.74, 6) is 0.0488. The van der Waals surface area contributed by atoms with Crippen LogP contribution in [0, 0.1) is 11.2 Å². The Labute approximate surface area is 122 Å². The van der Waals surface area contributed by atoms with Gasteiger partial charge in [-0.25, -0.2) is 4.39 Å². The standard InChI is InChI=1S/C16H14ClFN2/c1-10(13-4-2-3-5-15(13)17)20-9-11-6-7-12(18)8-14(11)16(20)19/h2-8,10,19H,9H2,1H3. The van der Waals surface area contributed by atoms with Gasteiger partial charge in [0.05, 0.1) is 6.04 Å². The first kappa shape index (κ1) is 13.1. The van der Waals surface area contributed by atoms with Gasteiger partial charge in [0.15, 0.2) is 0 Å². The lowest BCUT2D eigenvalue weighted by atomic mass is 10.1. The third-order valence-electron chi connectivity index (χ3n) is 3.78. The molecule has 2 nitrogen and oxygen atoms in total. The first-order valence-corrected chi connectivity index (χ1v) is 6.84. The highest BCUT2D eigenvalue weighted by Gasteiger charge is 2.29. The van der Waals surface area contributed by atoms with Crippen molar-refractivity contribution in [3.8, 4) is 0 Å². The van der Waals surface area contributed by atoms with E-state index in [1.165, 1.54) is 12.1 Å². The average Bonchev–Trinajstić information content (AvgIpc) is 2.76.